The van der Waals surface area contributed by atoms with Crippen LogP contribution in [0.5, 0.6) is 11.5 Å². The Morgan fingerprint density at radius 1 is 0.929 bits per heavy atom. The van der Waals surface area contributed by atoms with Crippen molar-refractivity contribution in [3.63, 3.8) is 0 Å². The maximum atomic E-state index is 14.1. The van der Waals surface area contributed by atoms with E-state index in [1.165, 1.54) is 37.3 Å². The number of methoxy groups -OCH3 is 2. The Morgan fingerprint density at radius 2 is 1.57 bits per heavy atom. The number of anilines is 1. The van der Waals surface area contributed by atoms with Crippen molar-refractivity contribution in [3.05, 3.63) is 83.9 Å². The first-order chi connectivity index (χ1) is 20.1. The van der Waals surface area contributed by atoms with Crippen LogP contribution >= 0.6 is 0 Å². The number of rotatable bonds is 12. The van der Waals surface area contributed by atoms with Gasteiger partial charge in [-0.3, -0.25) is 13.9 Å². The van der Waals surface area contributed by atoms with E-state index < -0.39 is 28.5 Å². The van der Waals surface area contributed by atoms with Crippen molar-refractivity contribution in [2.75, 3.05) is 25.1 Å². The molecule has 1 atom stereocenters. The molecule has 0 bridgehead atoms. The number of ether oxygens (including phenoxy) is 2. The topological polar surface area (TPSA) is 105 Å². The molecule has 42 heavy (non-hydrogen) atoms. The highest BCUT2D eigenvalue weighted by molar-refractivity contribution is 7.92. The minimum absolute atomic E-state index is 0.0392. The number of carbonyl (C=O) groups is 2. The lowest BCUT2D eigenvalue weighted by Gasteiger charge is -2.32. The largest absolute Gasteiger partial charge is 0.493 e. The first-order valence-corrected chi connectivity index (χ1v) is 15.5. The normalized spacial score (nSPS) is 14.2. The smallest absolute Gasteiger partial charge is 0.264 e. The molecule has 1 fully saturated rings. The van der Waals surface area contributed by atoms with Gasteiger partial charge < -0.3 is 19.7 Å². The van der Waals surface area contributed by atoms with Crippen LogP contribution in [-0.4, -0.2) is 58.0 Å². The third-order valence-electron chi connectivity index (χ3n) is 7.61. The molecular weight excluding hydrogens is 554 g/mol. The summed E-state index contributed by atoms with van der Waals surface area (Å²) in [6.45, 7) is 3.16. The molecule has 0 unspecified atom stereocenters. The van der Waals surface area contributed by atoms with E-state index in [9.17, 15) is 18.0 Å². The highest BCUT2D eigenvalue weighted by Gasteiger charge is 2.33. The Labute approximate surface area is 248 Å². The van der Waals surface area contributed by atoms with Crippen LogP contribution in [0.2, 0.25) is 0 Å². The molecule has 0 aromatic heterocycles. The lowest BCUT2D eigenvalue weighted by Crippen LogP contribution is -2.52. The molecule has 10 heteroatoms. The summed E-state index contributed by atoms with van der Waals surface area (Å²) < 4.78 is 39.9. The predicted molar refractivity (Wildman–Crippen MR) is 162 cm³/mol. The zero-order valence-electron chi connectivity index (χ0n) is 24.6. The highest BCUT2D eigenvalue weighted by atomic mass is 32.2. The molecule has 1 saturated carbocycles. The summed E-state index contributed by atoms with van der Waals surface area (Å²) in [6, 6.07) is 19.7. The second-order valence-electron chi connectivity index (χ2n) is 10.5. The molecule has 0 saturated heterocycles. The van der Waals surface area contributed by atoms with Crippen LogP contribution < -0.4 is 19.1 Å². The average Bonchev–Trinajstić information content (AvgIpc) is 3.51. The molecule has 0 radical (unpaired) electrons. The van der Waals surface area contributed by atoms with Crippen LogP contribution in [-0.2, 0) is 26.2 Å². The summed E-state index contributed by atoms with van der Waals surface area (Å²) in [5.74, 6) is -0.0381. The second-order valence-corrected chi connectivity index (χ2v) is 12.4. The van der Waals surface area contributed by atoms with Gasteiger partial charge in [0.2, 0.25) is 11.8 Å². The van der Waals surface area contributed by atoms with Crippen LogP contribution in [0, 0.1) is 6.92 Å². The molecule has 224 valence electrons. The number of hydrogen-bond donors (Lipinski definition) is 1. The van der Waals surface area contributed by atoms with Gasteiger partial charge in [0.05, 0.1) is 24.8 Å². The van der Waals surface area contributed by atoms with Crippen molar-refractivity contribution in [1.82, 2.24) is 10.2 Å². The van der Waals surface area contributed by atoms with Crippen molar-refractivity contribution in [2.45, 2.75) is 63.1 Å². The zero-order chi connectivity index (χ0) is 30.3. The minimum atomic E-state index is -4.19. The van der Waals surface area contributed by atoms with Gasteiger partial charge in [-0.05, 0) is 56.5 Å². The van der Waals surface area contributed by atoms with Gasteiger partial charge in [0, 0.05) is 18.7 Å². The van der Waals surface area contributed by atoms with E-state index in [1.54, 1.807) is 31.2 Å². The molecule has 0 spiro atoms. The number of benzene rings is 3. The fourth-order valence-electron chi connectivity index (χ4n) is 5.10. The van der Waals surface area contributed by atoms with Crippen molar-refractivity contribution in [2.24, 2.45) is 0 Å². The quantitative estimate of drug-likeness (QED) is 0.327. The lowest BCUT2D eigenvalue weighted by molar-refractivity contribution is -0.139. The standard InChI is InChI=1S/C32H39N3O6S/c1-23-14-17-28(18-15-23)42(38,39)35(27-16-19-29(40-3)30(20-27)41-4)22-31(36)34(21-25-10-6-5-7-11-25)24(2)32(37)33-26-12-8-9-13-26/h5-7,10-11,14-20,24,26H,8-9,12-13,21-22H2,1-4H3,(H,33,37)/t24-/m1/s1. The SMILES string of the molecule is COc1ccc(N(CC(=O)N(Cc2ccccc2)[C@H](C)C(=O)NC2CCCC2)S(=O)(=O)c2ccc(C)cc2)cc1OC. The molecule has 3 aromatic rings. The van der Waals surface area contributed by atoms with E-state index in [1.807, 2.05) is 37.3 Å². The molecular formula is C32H39N3O6S. The third-order valence-corrected chi connectivity index (χ3v) is 9.40. The van der Waals surface area contributed by atoms with Gasteiger partial charge >= 0.3 is 0 Å². The summed E-state index contributed by atoms with van der Waals surface area (Å²) in [5, 5.41) is 3.08. The molecule has 2 amide bonds. The second kappa shape index (κ2) is 13.7. The van der Waals surface area contributed by atoms with Gasteiger partial charge in [-0.1, -0.05) is 60.9 Å². The van der Waals surface area contributed by atoms with Gasteiger partial charge in [0.25, 0.3) is 10.0 Å². The van der Waals surface area contributed by atoms with Crippen LogP contribution in [0.4, 0.5) is 5.69 Å². The number of amides is 2. The van der Waals surface area contributed by atoms with Crippen molar-refractivity contribution >= 4 is 27.5 Å². The number of nitrogens with one attached hydrogen (secondary N) is 1. The summed E-state index contributed by atoms with van der Waals surface area (Å²) in [6.07, 6.45) is 3.94. The monoisotopic (exact) mass is 593 g/mol. The lowest BCUT2D eigenvalue weighted by atomic mass is 10.1. The Morgan fingerprint density at radius 3 is 2.19 bits per heavy atom. The van der Waals surface area contributed by atoms with Gasteiger partial charge in [0.15, 0.2) is 11.5 Å². The third kappa shape index (κ3) is 7.23. The van der Waals surface area contributed by atoms with Gasteiger partial charge in [-0.2, -0.15) is 0 Å². The molecule has 4 rings (SSSR count). The first kappa shape index (κ1) is 30.9. The predicted octanol–water partition coefficient (Wildman–Crippen LogP) is 4.68. The fraction of sp³-hybridized carbons (Fsp3) is 0.375. The van der Waals surface area contributed by atoms with Crippen LogP contribution in [0.3, 0.4) is 0 Å². The number of nitrogens with zero attached hydrogens (tertiary/aromatic N) is 2. The first-order valence-electron chi connectivity index (χ1n) is 14.1. The fourth-order valence-corrected chi connectivity index (χ4v) is 6.51. The van der Waals surface area contributed by atoms with Crippen LogP contribution in [0.1, 0.15) is 43.7 Å². The highest BCUT2D eigenvalue weighted by Crippen LogP contribution is 2.34. The van der Waals surface area contributed by atoms with Crippen molar-refractivity contribution in [3.8, 4) is 11.5 Å². The number of carbonyl (C=O) groups excluding carboxylic acids is 2. The van der Waals surface area contributed by atoms with E-state index in [2.05, 4.69) is 5.32 Å². The number of sulfonamides is 1. The van der Waals surface area contributed by atoms with Gasteiger partial charge in [0.1, 0.15) is 12.6 Å². The van der Waals surface area contributed by atoms with E-state index in [0.29, 0.717) is 11.5 Å². The molecule has 1 N–H and O–H groups in total. The Balaban J connectivity index is 1.72. The summed E-state index contributed by atoms with van der Waals surface area (Å²) in [7, 11) is -1.25. The van der Waals surface area contributed by atoms with E-state index in [4.69, 9.17) is 9.47 Å². The van der Waals surface area contributed by atoms with Gasteiger partial charge in [-0.15, -0.1) is 0 Å². The Hall–Kier alpha value is -4.05. The van der Waals surface area contributed by atoms with Crippen molar-refractivity contribution in [1.29, 1.82) is 0 Å². The minimum Gasteiger partial charge on any atom is -0.493 e. The van der Waals surface area contributed by atoms with Crippen molar-refractivity contribution < 1.29 is 27.5 Å². The Kier molecular flexibility index (Phi) is 10.1. The van der Waals surface area contributed by atoms with Crippen LogP contribution in [0.15, 0.2) is 77.7 Å². The summed E-state index contributed by atoms with van der Waals surface area (Å²) >= 11 is 0. The molecule has 0 heterocycles. The van der Waals surface area contributed by atoms with Crippen LogP contribution in [0.25, 0.3) is 0 Å². The van der Waals surface area contributed by atoms with E-state index >= 15 is 0 Å². The average molecular weight is 594 g/mol. The maximum Gasteiger partial charge on any atom is 0.264 e. The molecule has 1 aliphatic rings. The summed E-state index contributed by atoms with van der Waals surface area (Å²) in [4.78, 5) is 28.9. The maximum absolute atomic E-state index is 14.1. The molecule has 3 aromatic carbocycles. The Bertz CT molecular complexity index is 1470. The molecule has 9 nitrogen and oxygen atoms in total. The molecule has 0 aliphatic heterocycles. The van der Waals surface area contributed by atoms with E-state index in [0.717, 1.165) is 41.1 Å². The number of aryl methyl sites for hydroxylation is 1. The molecule has 1 aliphatic carbocycles. The van der Waals surface area contributed by atoms with Gasteiger partial charge in [-0.25, -0.2) is 8.42 Å². The summed E-state index contributed by atoms with van der Waals surface area (Å²) in [5.41, 5.74) is 1.95. The van der Waals surface area contributed by atoms with E-state index in [-0.39, 0.29) is 29.1 Å². The number of hydrogen-bond acceptors (Lipinski definition) is 6. The zero-order valence-corrected chi connectivity index (χ0v) is 25.4.